The molecule has 57 heavy (non-hydrogen) atoms. The van der Waals surface area contributed by atoms with Gasteiger partial charge in [0.2, 0.25) is 5.95 Å². The molecule has 266 valence electrons. The fourth-order valence-electron chi connectivity index (χ4n) is 8.65. The van der Waals surface area contributed by atoms with Gasteiger partial charge in [-0.2, -0.15) is 9.97 Å². The lowest BCUT2D eigenvalue weighted by Gasteiger charge is -2.12. The molecule has 0 atom stereocenters. The standard InChI is InChI=1S/C51H31N5O/c1-3-14-32(15-4-1)33-26-28-35(29-27-33)55-43-24-11-8-20-40(43)46-44(55)31-30-38-36-18-7-10-23-42(36)56(47(38)46)51-53-49(34-16-5-2-6-17-34)52-50(54-51)41-22-13-21-39-37-19-9-12-25-45(37)57-48(39)41/h1-31H. The summed E-state index contributed by atoms with van der Waals surface area (Å²) in [6.45, 7) is 0. The van der Waals surface area contributed by atoms with Crippen LogP contribution in [0.1, 0.15) is 0 Å². The van der Waals surface area contributed by atoms with Gasteiger partial charge in [-0.15, -0.1) is 0 Å². The van der Waals surface area contributed by atoms with E-state index in [0.717, 1.165) is 82.4 Å². The highest BCUT2D eigenvalue weighted by Gasteiger charge is 2.24. The third-order valence-electron chi connectivity index (χ3n) is 11.2. The van der Waals surface area contributed by atoms with E-state index in [1.165, 1.54) is 11.1 Å². The monoisotopic (exact) mass is 729 g/mol. The quantitative estimate of drug-likeness (QED) is 0.177. The second-order valence-corrected chi connectivity index (χ2v) is 14.4. The van der Waals surface area contributed by atoms with Crippen molar-refractivity contribution in [2.75, 3.05) is 0 Å². The van der Waals surface area contributed by atoms with Gasteiger partial charge in [0, 0.05) is 43.6 Å². The Kier molecular flexibility index (Phi) is 6.83. The van der Waals surface area contributed by atoms with Crippen molar-refractivity contribution in [3.8, 4) is 45.5 Å². The number of benzene rings is 8. The van der Waals surface area contributed by atoms with Crippen LogP contribution >= 0.6 is 0 Å². The van der Waals surface area contributed by atoms with E-state index in [-0.39, 0.29) is 0 Å². The third-order valence-corrected chi connectivity index (χ3v) is 11.2. The number of hydrogen-bond donors (Lipinski definition) is 0. The zero-order valence-corrected chi connectivity index (χ0v) is 30.5. The lowest BCUT2D eigenvalue weighted by molar-refractivity contribution is 0.669. The predicted octanol–water partition coefficient (Wildman–Crippen LogP) is 13.0. The normalized spacial score (nSPS) is 11.9. The molecule has 0 N–H and O–H groups in total. The van der Waals surface area contributed by atoms with Gasteiger partial charge in [-0.3, -0.25) is 4.57 Å². The molecule has 0 saturated carbocycles. The summed E-state index contributed by atoms with van der Waals surface area (Å²) >= 11 is 0. The van der Waals surface area contributed by atoms with Crippen molar-refractivity contribution >= 4 is 65.6 Å². The van der Waals surface area contributed by atoms with Gasteiger partial charge in [-0.1, -0.05) is 146 Å². The maximum absolute atomic E-state index is 6.53. The number of nitrogens with zero attached hydrogens (tertiary/aromatic N) is 5. The van der Waals surface area contributed by atoms with Gasteiger partial charge in [-0.25, -0.2) is 4.98 Å². The maximum Gasteiger partial charge on any atom is 0.238 e. The van der Waals surface area contributed by atoms with Crippen LogP contribution in [-0.2, 0) is 0 Å². The summed E-state index contributed by atoms with van der Waals surface area (Å²) in [6.07, 6.45) is 0. The number of para-hydroxylation sites is 4. The van der Waals surface area contributed by atoms with E-state index in [1.54, 1.807) is 0 Å². The van der Waals surface area contributed by atoms with Crippen molar-refractivity contribution in [1.29, 1.82) is 0 Å². The lowest BCUT2D eigenvalue weighted by atomic mass is 10.1. The molecule has 12 aromatic rings. The molecule has 8 aromatic carbocycles. The van der Waals surface area contributed by atoms with Gasteiger partial charge >= 0.3 is 0 Å². The molecular formula is C51H31N5O. The van der Waals surface area contributed by atoms with E-state index in [2.05, 4.69) is 143 Å². The average molecular weight is 730 g/mol. The van der Waals surface area contributed by atoms with Crippen molar-refractivity contribution in [3.05, 3.63) is 188 Å². The van der Waals surface area contributed by atoms with E-state index in [9.17, 15) is 0 Å². The van der Waals surface area contributed by atoms with Gasteiger partial charge < -0.3 is 8.98 Å². The summed E-state index contributed by atoms with van der Waals surface area (Å²) in [5.41, 5.74) is 11.1. The summed E-state index contributed by atoms with van der Waals surface area (Å²) in [6, 6.07) is 65.6. The van der Waals surface area contributed by atoms with Gasteiger partial charge in [0.05, 0.1) is 27.6 Å². The molecule has 4 heterocycles. The van der Waals surface area contributed by atoms with Crippen LogP contribution in [0.3, 0.4) is 0 Å². The van der Waals surface area contributed by atoms with Crippen LogP contribution in [0.15, 0.2) is 192 Å². The van der Waals surface area contributed by atoms with Gasteiger partial charge in [-0.05, 0) is 53.6 Å². The Morgan fingerprint density at radius 2 is 0.982 bits per heavy atom. The van der Waals surface area contributed by atoms with E-state index in [1.807, 2.05) is 54.6 Å². The molecule has 0 fully saturated rings. The second-order valence-electron chi connectivity index (χ2n) is 14.4. The maximum atomic E-state index is 6.53. The SMILES string of the molecule is c1ccc(-c2ccc(-n3c4ccccc4c4c3ccc3c5ccccc5n(-c5nc(-c6ccccc6)nc(-c6cccc7c6oc6ccccc67)n5)c34)cc2)cc1. The summed E-state index contributed by atoms with van der Waals surface area (Å²) in [5.74, 6) is 1.67. The Hall–Kier alpha value is -7.83. The molecule has 0 amide bonds. The highest BCUT2D eigenvalue weighted by molar-refractivity contribution is 6.26. The first-order valence-electron chi connectivity index (χ1n) is 19.1. The first-order chi connectivity index (χ1) is 28.3. The van der Waals surface area contributed by atoms with E-state index in [4.69, 9.17) is 19.4 Å². The van der Waals surface area contributed by atoms with E-state index in [0.29, 0.717) is 17.6 Å². The molecule has 0 aliphatic rings. The van der Waals surface area contributed by atoms with Crippen molar-refractivity contribution in [3.63, 3.8) is 0 Å². The minimum atomic E-state index is 0.537. The molecule has 0 unspecified atom stereocenters. The molecule has 0 spiro atoms. The second kappa shape index (κ2) is 12.3. The molecule has 0 saturated heterocycles. The van der Waals surface area contributed by atoms with Gasteiger partial charge in [0.15, 0.2) is 11.6 Å². The van der Waals surface area contributed by atoms with Crippen molar-refractivity contribution in [2.45, 2.75) is 0 Å². The minimum absolute atomic E-state index is 0.537. The zero-order valence-electron chi connectivity index (χ0n) is 30.5. The lowest BCUT2D eigenvalue weighted by Crippen LogP contribution is -2.06. The fraction of sp³-hybridized carbons (Fsp3) is 0. The molecule has 4 aromatic heterocycles. The van der Waals surface area contributed by atoms with Crippen LogP contribution in [0, 0.1) is 0 Å². The van der Waals surface area contributed by atoms with Crippen LogP contribution in [0.2, 0.25) is 0 Å². The molecule has 6 nitrogen and oxygen atoms in total. The Morgan fingerprint density at radius 1 is 0.368 bits per heavy atom. The summed E-state index contributed by atoms with van der Waals surface area (Å²) in [5, 5.41) is 6.62. The number of fused-ring (bicyclic) bond motifs is 10. The largest absolute Gasteiger partial charge is 0.455 e. The number of hydrogen-bond acceptors (Lipinski definition) is 4. The molecule has 0 aliphatic carbocycles. The summed E-state index contributed by atoms with van der Waals surface area (Å²) in [4.78, 5) is 15.8. The third kappa shape index (κ3) is 4.81. The van der Waals surface area contributed by atoms with Gasteiger partial charge in [0.25, 0.3) is 0 Å². The molecule has 0 radical (unpaired) electrons. The van der Waals surface area contributed by atoms with Gasteiger partial charge in [0.1, 0.15) is 11.2 Å². The molecular weight excluding hydrogens is 699 g/mol. The number of aromatic nitrogens is 5. The zero-order chi connectivity index (χ0) is 37.5. The number of furan rings is 1. The van der Waals surface area contributed by atoms with Crippen LogP contribution in [-0.4, -0.2) is 24.1 Å². The Bertz CT molecular complexity index is 3510. The topological polar surface area (TPSA) is 61.7 Å². The average Bonchev–Trinajstić information content (AvgIpc) is 3.95. The van der Waals surface area contributed by atoms with Crippen LogP contribution in [0.4, 0.5) is 0 Å². The fourth-order valence-corrected chi connectivity index (χ4v) is 8.65. The molecule has 6 heteroatoms. The van der Waals surface area contributed by atoms with Crippen LogP contribution in [0.5, 0.6) is 0 Å². The van der Waals surface area contributed by atoms with Crippen LogP contribution < -0.4 is 0 Å². The van der Waals surface area contributed by atoms with Crippen molar-refractivity contribution in [2.24, 2.45) is 0 Å². The first kappa shape index (κ1) is 31.5. The Labute approximate surface area is 326 Å². The summed E-state index contributed by atoms with van der Waals surface area (Å²) in [7, 11) is 0. The van der Waals surface area contributed by atoms with Crippen molar-refractivity contribution in [1.82, 2.24) is 24.1 Å². The Balaban J connectivity index is 1.17. The highest BCUT2D eigenvalue weighted by atomic mass is 16.3. The molecule has 0 bridgehead atoms. The Morgan fingerprint density at radius 3 is 1.77 bits per heavy atom. The van der Waals surface area contributed by atoms with E-state index >= 15 is 0 Å². The van der Waals surface area contributed by atoms with Crippen molar-refractivity contribution < 1.29 is 4.42 Å². The first-order valence-corrected chi connectivity index (χ1v) is 19.1. The minimum Gasteiger partial charge on any atom is -0.455 e. The predicted molar refractivity (Wildman–Crippen MR) is 232 cm³/mol. The molecule has 12 rings (SSSR count). The number of rotatable bonds is 5. The highest BCUT2D eigenvalue weighted by Crippen LogP contribution is 2.42. The van der Waals surface area contributed by atoms with E-state index < -0.39 is 0 Å². The molecule has 0 aliphatic heterocycles. The smallest absolute Gasteiger partial charge is 0.238 e. The van der Waals surface area contributed by atoms with Crippen LogP contribution in [0.25, 0.3) is 111 Å². The summed E-state index contributed by atoms with van der Waals surface area (Å²) < 4.78 is 11.1.